The Bertz CT molecular complexity index is 821. The van der Waals surface area contributed by atoms with E-state index in [2.05, 4.69) is 10.6 Å². The Kier molecular flexibility index (Phi) is 5.28. The second-order valence-electron chi connectivity index (χ2n) is 6.80. The van der Waals surface area contributed by atoms with Crippen LogP contribution in [0, 0.1) is 0 Å². The predicted octanol–water partition coefficient (Wildman–Crippen LogP) is 0.728. The minimum atomic E-state index is -3.61. The summed E-state index contributed by atoms with van der Waals surface area (Å²) in [5.74, 6) is -0.828. The summed E-state index contributed by atoms with van der Waals surface area (Å²) in [6, 6.07) is 6.21. The zero-order valence-corrected chi connectivity index (χ0v) is 16.1. The number of halogens is 1. The van der Waals surface area contributed by atoms with Gasteiger partial charge in [0.15, 0.2) is 14.6 Å². The Morgan fingerprint density at radius 1 is 1.35 bits per heavy atom. The molecule has 1 atom stereocenters. The zero-order valence-electron chi connectivity index (χ0n) is 14.5. The van der Waals surface area contributed by atoms with E-state index >= 15 is 0 Å². The number of anilines is 1. The SMILES string of the molecule is CS(=O)(=O)C1(C(=O)NC2CCN(c3cccc(Cl)c3)C2=O)CCNCC1. The second-order valence-corrected chi connectivity index (χ2v) is 9.56. The lowest BCUT2D eigenvalue weighted by Crippen LogP contribution is -2.59. The highest BCUT2D eigenvalue weighted by Crippen LogP contribution is 2.29. The molecule has 0 saturated carbocycles. The number of piperidine rings is 1. The summed E-state index contributed by atoms with van der Waals surface area (Å²) in [6.45, 7) is 1.35. The number of benzene rings is 1. The van der Waals surface area contributed by atoms with Gasteiger partial charge in [-0.2, -0.15) is 0 Å². The molecular weight excluding hydrogens is 378 g/mol. The van der Waals surface area contributed by atoms with Gasteiger partial charge in [-0.25, -0.2) is 8.42 Å². The fraction of sp³-hybridized carbons (Fsp3) is 0.529. The Labute approximate surface area is 158 Å². The summed E-state index contributed by atoms with van der Waals surface area (Å²) < 4.78 is 23.2. The Morgan fingerprint density at radius 2 is 2.04 bits per heavy atom. The maximum absolute atomic E-state index is 12.9. The van der Waals surface area contributed by atoms with E-state index in [9.17, 15) is 18.0 Å². The molecule has 2 fully saturated rings. The molecule has 2 N–H and O–H groups in total. The molecule has 2 aliphatic heterocycles. The third-order valence-electron chi connectivity index (χ3n) is 5.17. The van der Waals surface area contributed by atoms with Gasteiger partial charge >= 0.3 is 0 Å². The van der Waals surface area contributed by atoms with Crippen LogP contribution >= 0.6 is 11.6 Å². The second kappa shape index (κ2) is 7.17. The molecule has 7 nitrogen and oxygen atoms in total. The van der Waals surface area contributed by atoms with Crippen molar-refractivity contribution in [2.45, 2.75) is 30.1 Å². The number of nitrogens with one attached hydrogen (secondary N) is 2. The van der Waals surface area contributed by atoms with E-state index < -0.39 is 26.5 Å². The molecule has 142 valence electrons. The smallest absolute Gasteiger partial charge is 0.249 e. The largest absolute Gasteiger partial charge is 0.343 e. The summed E-state index contributed by atoms with van der Waals surface area (Å²) in [6.07, 6.45) is 1.93. The number of carbonyl (C=O) groups excluding carboxylic acids is 2. The normalized spacial score (nSPS) is 23.1. The van der Waals surface area contributed by atoms with Crippen LogP contribution in [0.3, 0.4) is 0 Å². The Morgan fingerprint density at radius 3 is 2.65 bits per heavy atom. The molecule has 2 heterocycles. The van der Waals surface area contributed by atoms with Crippen molar-refractivity contribution in [1.29, 1.82) is 0 Å². The predicted molar refractivity (Wildman–Crippen MR) is 100 cm³/mol. The average molecular weight is 400 g/mol. The molecule has 2 saturated heterocycles. The van der Waals surface area contributed by atoms with Gasteiger partial charge in [0.25, 0.3) is 0 Å². The van der Waals surface area contributed by atoms with Gasteiger partial charge in [0.1, 0.15) is 6.04 Å². The first kappa shape index (κ1) is 19.1. The number of nitrogens with zero attached hydrogens (tertiary/aromatic N) is 1. The minimum Gasteiger partial charge on any atom is -0.343 e. The highest BCUT2D eigenvalue weighted by molar-refractivity contribution is 7.92. The van der Waals surface area contributed by atoms with Crippen LogP contribution in [0.25, 0.3) is 0 Å². The molecule has 2 amide bonds. The van der Waals surface area contributed by atoms with Crippen molar-refractivity contribution in [2.75, 3.05) is 30.8 Å². The molecule has 1 aromatic carbocycles. The van der Waals surface area contributed by atoms with Crippen LogP contribution in [-0.2, 0) is 19.4 Å². The molecule has 2 aliphatic rings. The zero-order chi connectivity index (χ0) is 18.9. The minimum absolute atomic E-state index is 0.205. The maximum Gasteiger partial charge on any atom is 0.249 e. The van der Waals surface area contributed by atoms with Gasteiger partial charge in [0, 0.05) is 23.5 Å². The first-order valence-electron chi connectivity index (χ1n) is 8.53. The lowest BCUT2D eigenvalue weighted by Gasteiger charge is -2.35. The van der Waals surface area contributed by atoms with Gasteiger partial charge in [-0.1, -0.05) is 17.7 Å². The van der Waals surface area contributed by atoms with Crippen LogP contribution in [0.2, 0.25) is 5.02 Å². The van der Waals surface area contributed by atoms with Gasteiger partial charge in [-0.15, -0.1) is 0 Å². The van der Waals surface area contributed by atoms with E-state index in [-0.39, 0.29) is 18.7 Å². The first-order valence-corrected chi connectivity index (χ1v) is 10.8. The van der Waals surface area contributed by atoms with Crippen molar-refractivity contribution in [3.63, 3.8) is 0 Å². The van der Waals surface area contributed by atoms with Crippen molar-refractivity contribution >= 4 is 38.9 Å². The molecule has 0 spiro atoms. The maximum atomic E-state index is 12.9. The van der Waals surface area contributed by atoms with Crippen LogP contribution in [0.15, 0.2) is 24.3 Å². The van der Waals surface area contributed by atoms with E-state index in [1.165, 1.54) is 0 Å². The van der Waals surface area contributed by atoms with Gasteiger partial charge < -0.3 is 15.5 Å². The average Bonchev–Trinajstić information content (AvgIpc) is 2.95. The van der Waals surface area contributed by atoms with Gasteiger partial charge in [0.2, 0.25) is 11.8 Å². The van der Waals surface area contributed by atoms with E-state index in [4.69, 9.17) is 11.6 Å². The molecule has 1 aromatic rings. The van der Waals surface area contributed by atoms with Gasteiger partial charge in [0.05, 0.1) is 0 Å². The molecule has 0 aromatic heterocycles. The lowest BCUT2D eigenvalue weighted by molar-refractivity contribution is -0.128. The summed E-state index contributed by atoms with van der Waals surface area (Å²) in [7, 11) is -3.61. The van der Waals surface area contributed by atoms with Gasteiger partial charge in [-0.05, 0) is 50.6 Å². The molecule has 9 heteroatoms. The molecule has 0 radical (unpaired) electrons. The third-order valence-corrected chi connectivity index (χ3v) is 7.41. The number of carbonyl (C=O) groups is 2. The van der Waals surface area contributed by atoms with Crippen molar-refractivity contribution in [1.82, 2.24) is 10.6 Å². The molecule has 0 aliphatic carbocycles. The van der Waals surface area contributed by atoms with Gasteiger partial charge in [-0.3, -0.25) is 9.59 Å². The summed E-state index contributed by atoms with van der Waals surface area (Å²) in [5.41, 5.74) is 0.666. The fourth-order valence-corrected chi connectivity index (χ4v) is 5.13. The Hall–Kier alpha value is -1.64. The number of sulfone groups is 1. The van der Waals surface area contributed by atoms with Crippen molar-refractivity contribution in [3.05, 3.63) is 29.3 Å². The highest BCUT2D eigenvalue weighted by atomic mass is 35.5. The molecule has 1 unspecified atom stereocenters. The van der Waals surface area contributed by atoms with Crippen LogP contribution in [0.1, 0.15) is 19.3 Å². The van der Waals surface area contributed by atoms with Crippen LogP contribution in [0.4, 0.5) is 5.69 Å². The monoisotopic (exact) mass is 399 g/mol. The third kappa shape index (κ3) is 3.45. The van der Waals surface area contributed by atoms with Crippen LogP contribution in [0.5, 0.6) is 0 Å². The number of amides is 2. The first-order chi connectivity index (χ1) is 12.2. The number of hydrogen-bond acceptors (Lipinski definition) is 5. The van der Waals surface area contributed by atoms with Crippen molar-refractivity contribution in [3.8, 4) is 0 Å². The summed E-state index contributed by atoms with van der Waals surface area (Å²) >= 11 is 5.98. The van der Waals surface area contributed by atoms with Crippen molar-refractivity contribution in [2.24, 2.45) is 0 Å². The van der Waals surface area contributed by atoms with Crippen LogP contribution in [-0.4, -0.2) is 56.9 Å². The summed E-state index contributed by atoms with van der Waals surface area (Å²) in [5, 5.41) is 6.28. The molecular formula is C17H22ClN3O4S. The van der Waals surface area contributed by atoms with Crippen molar-refractivity contribution < 1.29 is 18.0 Å². The molecule has 3 rings (SSSR count). The van der Waals surface area contributed by atoms with E-state index in [0.717, 1.165) is 6.26 Å². The number of hydrogen-bond donors (Lipinski definition) is 2. The Balaban J connectivity index is 1.76. The summed E-state index contributed by atoms with van der Waals surface area (Å²) in [4.78, 5) is 27.1. The molecule has 26 heavy (non-hydrogen) atoms. The molecule has 0 bridgehead atoms. The lowest BCUT2D eigenvalue weighted by atomic mass is 9.95. The standard InChI is InChI=1S/C17H22ClN3O4S/c1-26(24,25)17(6-8-19-9-7-17)16(23)20-14-5-10-21(15(14)22)13-4-2-3-12(18)11-13/h2-4,11,14,19H,5-10H2,1H3,(H,20,23). The quantitative estimate of drug-likeness (QED) is 0.778. The van der Waals surface area contributed by atoms with Crippen LogP contribution < -0.4 is 15.5 Å². The highest BCUT2D eigenvalue weighted by Gasteiger charge is 2.50. The topological polar surface area (TPSA) is 95.6 Å². The number of rotatable bonds is 4. The fourth-order valence-electron chi connectivity index (χ4n) is 3.60. The van der Waals surface area contributed by atoms with E-state index in [0.29, 0.717) is 36.8 Å². The van der Waals surface area contributed by atoms with E-state index in [1.807, 2.05) is 0 Å². The van der Waals surface area contributed by atoms with E-state index in [1.54, 1.807) is 29.2 Å².